The summed E-state index contributed by atoms with van der Waals surface area (Å²) in [6, 6.07) is 9.12. The van der Waals surface area contributed by atoms with Crippen LogP contribution in [0.25, 0.3) is 10.9 Å². The lowest BCUT2D eigenvalue weighted by atomic mass is 10.1. The van der Waals surface area contributed by atoms with Crippen molar-refractivity contribution in [1.29, 1.82) is 0 Å². The van der Waals surface area contributed by atoms with Crippen LogP contribution in [0.4, 0.5) is 4.39 Å². The van der Waals surface area contributed by atoms with Crippen LogP contribution < -0.4 is 15.5 Å². The van der Waals surface area contributed by atoms with Gasteiger partial charge in [0.1, 0.15) is 23.2 Å². The molecule has 27 heavy (non-hydrogen) atoms. The summed E-state index contributed by atoms with van der Waals surface area (Å²) in [5.74, 6) is -0.280. The third-order valence-corrected chi connectivity index (χ3v) is 4.84. The van der Waals surface area contributed by atoms with Gasteiger partial charge in [-0.2, -0.15) is 0 Å². The second kappa shape index (κ2) is 6.70. The van der Waals surface area contributed by atoms with Crippen molar-refractivity contribution in [3.05, 3.63) is 74.8 Å². The number of hydrogen-bond acceptors (Lipinski definition) is 3. The number of ether oxygens (including phenoxy) is 1. The number of halogens is 2. The number of benzene rings is 2. The van der Waals surface area contributed by atoms with Crippen molar-refractivity contribution in [2.75, 3.05) is 0 Å². The highest BCUT2D eigenvalue weighted by Gasteiger charge is 2.24. The first kappa shape index (κ1) is 17.5. The van der Waals surface area contributed by atoms with Crippen molar-refractivity contribution < 1.29 is 13.9 Å². The molecule has 2 heterocycles. The van der Waals surface area contributed by atoms with Crippen molar-refractivity contribution in [3.63, 3.8) is 0 Å². The predicted octanol–water partition coefficient (Wildman–Crippen LogP) is 3.50. The molecule has 2 aromatic carbocycles. The van der Waals surface area contributed by atoms with Gasteiger partial charge in [0.2, 0.25) is 5.43 Å². The molecule has 1 aromatic heterocycles. The Bertz CT molecular complexity index is 1110. The summed E-state index contributed by atoms with van der Waals surface area (Å²) in [6.45, 7) is 2.60. The minimum atomic E-state index is -0.504. The Morgan fingerprint density at radius 3 is 2.78 bits per heavy atom. The van der Waals surface area contributed by atoms with Crippen LogP contribution in [-0.2, 0) is 13.1 Å². The molecular weight excluding hydrogens is 371 g/mol. The van der Waals surface area contributed by atoms with Crippen molar-refractivity contribution in [1.82, 2.24) is 9.88 Å². The summed E-state index contributed by atoms with van der Waals surface area (Å²) in [6.07, 6.45) is 1.45. The molecular formula is C20H16ClFN2O3. The monoisotopic (exact) mass is 386 g/mol. The molecule has 0 spiro atoms. The summed E-state index contributed by atoms with van der Waals surface area (Å²) in [4.78, 5) is 25.5. The van der Waals surface area contributed by atoms with Gasteiger partial charge in [0, 0.05) is 12.7 Å². The molecule has 1 aliphatic heterocycles. The van der Waals surface area contributed by atoms with E-state index in [0.29, 0.717) is 17.8 Å². The lowest BCUT2D eigenvalue weighted by molar-refractivity contribution is 0.0948. The zero-order valence-electron chi connectivity index (χ0n) is 14.5. The van der Waals surface area contributed by atoms with E-state index >= 15 is 0 Å². The third kappa shape index (κ3) is 3.17. The standard InChI is InChI=1S/C20H16ClFN2O3/c1-11-9-24-10-14(20(26)23-8-12-2-4-13(22)5-3-12)19(25)17-15(21)6-7-16(27-11)18(17)24/h2-7,10-11H,8-9H2,1H3,(H,23,26). The molecule has 0 saturated heterocycles. The average Bonchev–Trinajstić information content (AvgIpc) is 2.64. The fraction of sp³-hybridized carbons (Fsp3) is 0.200. The van der Waals surface area contributed by atoms with E-state index in [2.05, 4.69) is 5.32 Å². The van der Waals surface area contributed by atoms with E-state index in [4.69, 9.17) is 16.3 Å². The minimum absolute atomic E-state index is 0.0118. The van der Waals surface area contributed by atoms with E-state index < -0.39 is 11.3 Å². The molecule has 0 aliphatic carbocycles. The van der Waals surface area contributed by atoms with Gasteiger partial charge < -0.3 is 14.6 Å². The van der Waals surface area contributed by atoms with Crippen molar-refractivity contribution >= 4 is 28.4 Å². The third-order valence-electron chi connectivity index (χ3n) is 4.53. The van der Waals surface area contributed by atoms with E-state index in [0.717, 1.165) is 5.56 Å². The smallest absolute Gasteiger partial charge is 0.257 e. The van der Waals surface area contributed by atoms with Crippen LogP contribution in [0, 0.1) is 5.82 Å². The van der Waals surface area contributed by atoms with Crippen LogP contribution in [0.15, 0.2) is 47.4 Å². The van der Waals surface area contributed by atoms with Gasteiger partial charge in [0.25, 0.3) is 5.91 Å². The zero-order chi connectivity index (χ0) is 19.1. The van der Waals surface area contributed by atoms with Gasteiger partial charge in [-0.25, -0.2) is 4.39 Å². The fourth-order valence-corrected chi connectivity index (χ4v) is 3.51. The Labute approximate surface area is 159 Å². The summed E-state index contributed by atoms with van der Waals surface area (Å²) < 4.78 is 20.6. The van der Waals surface area contributed by atoms with Gasteiger partial charge in [-0.15, -0.1) is 0 Å². The zero-order valence-corrected chi connectivity index (χ0v) is 15.2. The molecule has 0 bridgehead atoms. The summed E-state index contributed by atoms with van der Waals surface area (Å²) in [7, 11) is 0. The number of carbonyl (C=O) groups is 1. The Kier molecular flexibility index (Phi) is 4.36. The van der Waals surface area contributed by atoms with Gasteiger partial charge in [0.05, 0.1) is 22.5 Å². The fourth-order valence-electron chi connectivity index (χ4n) is 3.27. The molecule has 1 amide bonds. The van der Waals surface area contributed by atoms with E-state index in [-0.39, 0.29) is 34.4 Å². The number of carbonyl (C=O) groups excluding carboxylic acids is 1. The van der Waals surface area contributed by atoms with E-state index in [9.17, 15) is 14.0 Å². The average molecular weight is 387 g/mol. The van der Waals surface area contributed by atoms with E-state index in [1.165, 1.54) is 12.1 Å². The summed E-state index contributed by atoms with van der Waals surface area (Å²) >= 11 is 6.25. The van der Waals surface area contributed by atoms with E-state index in [1.54, 1.807) is 30.5 Å². The second-order valence-electron chi connectivity index (χ2n) is 6.53. The molecule has 1 N–H and O–H groups in total. The highest BCUT2D eigenvalue weighted by atomic mass is 35.5. The Morgan fingerprint density at radius 1 is 1.30 bits per heavy atom. The Hall–Kier alpha value is -2.86. The van der Waals surface area contributed by atoms with Crippen LogP contribution in [0.1, 0.15) is 22.8 Å². The number of nitrogens with zero attached hydrogens (tertiary/aromatic N) is 1. The van der Waals surface area contributed by atoms with Crippen molar-refractivity contribution in [3.8, 4) is 5.75 Å². The number of rotatable bonds is 3. The molecule has 1 aliphatic rings. The maximum atomic E-state index is 13.0. The minimum Gasteiger partial charge on any atom is -0.487 e. The highest BCUT2D eigenvalue weighted by molar-refractivity contribution is 6.35. The molecule has 4 rings (SSSR count). The van der Waals surface area contributed by atoms with Crippen LogP contribution in [0.2, 0.25) is 5.02 Å². The number of aromatic nitrogens is 1. The number of hydrogen-bond donors (Lipinski definition) is 1. The van der Waals surface area contributed by atoms with Crippen LogP contribution >= 0.6 is 11.6 Å². The molecule has 1 atom stereocenters. The van der Waals surface area contributed by atoms with Crippen LogP contribution in [-0.4, -0.2) is 16.6 Å². The first-order chi connectivity index (χ1) is 12.9. The molecule has 1 unspecified atom stereocenters. The predicted molar refractivity (Wildman–Crippen MR) is 101 cm³/mol. The van der Waals surface area contributed by atoms with Gasteiger partial charge >= 0.3 is 0 Å². The lowest BCUT2D eigenvalue weighted by Gasteiger charge is -2.26. The van der Waals surface area contributed by atoms with Crippen molar-refractivity contribution in [2.45, 2.75) is 26.1 Å². The summed E-state index contributed by atoms with van der Waals surface area (Å²) in [5, 5.41) is 3.26. The normalized spacial score (nSPS) is 15.4. The molecule has 0 radical (unpaired) electrons. The van der Waals surface area contributed by atoms with Crippen LogP contribution in [0.3, 0.4) is 0 Å². The molecule has 5 nitrogen and oxygen atoms in total. The Balaban J connectivity index is 1.73. The maximum Gasteiger partial charge on any atom is 0.257 e. The second-order valence-corrected chi connectivity index (χ2v) is 6.94. The molecule has 7 heteroatoms. The van der Waals surface area contributed by atoms with Crippen LogP contribution in [0.5, 0.6) is 5.75 Å². The number of nitrogens with one attached hydrogen (secondary N) is 1. The van der Waals surface area contributed by atoms with Gasteiger partial charge in [0.15, 0.2) is 0 Å². The largest absolute Gasteiger partial charge is 0.487 e. The molecule has 3 aromatic rings. The Morgan fingerprint density at radius 2 is 2.04 bits per heavy atom. The molecule has 0 saturated carbocycles. The quantitative estimate of drug-likeness (QED) is 0.749. The van der Waals surface area contributed by atoms with Gasteiger partial charge in [-0.1, -0.05) is 23.7 Å². The lowest BCUT2D eigenvalue weighted by Crippen LogP contribution is -2.32. The van der Waals surface area contributed by atoms with E-state index in [1.807, 2.05) is 11.5 Å². The van der Waals surface area contributed by atoms with Crippen molar-refractivity contribution in [2.24, 2.45) is 0 Å². The number of amides is 1. The topological polar surface area (TPSA) is 60.3 Å². The SMILES string of the molecule is CC1Cn2cc(C(=O)NCc3ccc(F)cc3)c(=O)c3c(Cl)ccc(c32)O1. The van der Waals surface area contributed by atoms with Gasteiger partial charge in [-0.05, 0) is 36.8 Å². The van der Waals surface area contributed by atoms with Gasteiger partial charge in [-0.3, -0.25) is 9.59 Å². The molecule has 0 fully saturated rings. The first-order valence-corrected chi connectivity index (χ1v) is 8.87. The molecule has 138 valence electrons. The summed E-state index contributed by atoms with van der Waals surface area (Å²) in [5.41, 5.74) is 0.899. The highest BCUT2D eigenvalue weighted by Crippen LogP contribution is 2.33. The number of pyridine rings is 1. The maximum absolute atomic E-state index is 13.0. The first-order valence-electron chi connectivity index (χ1n) is 8.49.